The Morgan fingerprint density at radius 1 is 1.36 bits per heavy atom. The summed E-state index contributed by atoms with van der Waals surface area (Å²) in [7, 11) is -3.80. The van der Waals surface area contributed by atoms with Gasteiger partial charge in [-0.1, -0.05) is 18.9 Å². The van der Waals surface area contributed by atoms with Gasteiger partial charge in [-0.2, -0.15) is 8.42 Å². The van der Waals surface area contributed by atoms with Crippen molar-refractivity contribution >= 4 is 39.9 Å². The van der Waals surface area contributed by atoms with Gasteiger partial charge in [0.25, 0.3) is 10.2 Å². The van der Waals surface area contributed by atoms with E-state index >= 15 is 0 Å². The number of anilines is 2. The van der Waals surface area contributed by atoms with Crippen LogP contribution < -0.4 is 20.5 Å². The van der Waals surface area contributed by atoms with Crippen molar-refractivity contribution in [2.24, 2.45) is 16.8 Å². The summed E-state index contributed by atoms with van der Waals surface area (Å²) in [5.41, 5.74) is 7.78. The summed E-state index contributed by atoms with van der Waals surface area (Å²) in [5, 5.41) is 8.14. The molecule has 0 bridgehead atoms. The highest BCUT2D eigenvalue weighted by Crippen LogP contribution is 2.34. The van der Waals surface area contributed by atoms with Crippen LogP contribution in [0.25, 0.3) is 0 Å². The minimum absolute atomic E-state index is 0. The highest BCUT2D eigenvalue weighted by atomic mass is 35.5. The van der Waals surface area contributed by atoms with E-state index in [2.05, 4.69) is 5.32 Å². The molecule has 2 aliphatic rings. The van der Waals surface area contributed by atoms with Gasteiger partial charge >= 0.3 is 0 Å². The van der Waals surface area contributed by atoms with Crippen LogP contribution in [0.4, 0.5) is 11.4 Å². The number of nitrogens with one attached hydrogen (secondary N) is 1. The van der Waals surface area contributed by atoms with Gasteiger partial charge in [0, 0.05) is 17.8 Å². The number of nitrogens with zero attached hydrogens (tertiary/aromatic N) is 1. The fraction of sp³-hybridized carbons (Fsp3) is 0.562. The van der Waals surface area contributed by atoms with Crippen molar-refractivity contribution in [2.45, 2.75) is 44.6 Å². The zero-order chi connectivity index (χ0) is 17.5. The van der Waals surface area contributed by atoms with Crippen molar-refractivity contribution < 1.29 is 13.2 Å². The molecule has 1 aliphatic carbocycles. The van der Waals surface area contributed by atoms with Crippen LogP contribution >= 0.6 is 12.4 Å². The molecule has 2 unspecified atom stereocenters. The Balaban J connectivity index is 0.00000225. The smallest absolute Gasteiger partial charge is 0.299 e. The first kappa shape index (κ1) is 20.0. The summed E-state index contributed by atoms with van der Waals surface area (Å²) in [6.45, 7) is 2.25. The number of rotatable bonds is 3. The monoisotopic (exact) mass is 388 g/mol. The Morgan fingerprint density at radius 3 is 2.72 bits per heavy atom. The fourth-order valence-corrected chi connectivity index (χ4v) is 4.50. The van der Waals surface area contributed by atoms with Crippen LogP contribution in [-0.2, 0) is 21.4 Å². The van der Waals surface area contributed by atoms with E-state index in [-0.39, 0.29) is 24.2 Å². The summed E-state index contributed by atoms with van der Waals surface area (Å²) in [6.07, 6.45) is 4.25. The van der Waals surface area contributed by atoms with Gasteiger partial charge < -0.3 is 11.1 Å². The van der Waals surface area contributed by atoms with E-state index in [9.17, 15) is 13.2 Å². The summed E-state index contributed by atoms with van der Waals surface area (Å²) in [6, 6.07) is 5.29. The molecule has 1 aliphatic heterocycles. The Morgan fingerprint density at radius 2 is 2.08 bits per heavy atom. The third-order valence-electron chi connectivity index (χ3n) is 5.08. The summed E-state index contributed by atoms with van der Waals surface area (Å²) >= 11 is 0. The quantitative estimate of drug-likeness (QED) is 0.727. The lowest BCUT2D eigenvalue weighted by molar-refractivity contribution is -0.122. The van der Waals surface area contributed by atoms with Crippen molar-refractivity contribution in [1.82, 2.24) is 0 Å². The molecule has 1 aromatic carbocycles. The van der Waals surface area contributed by atoms with E-state index < -0.39 is 15.7 Å². The number of halogens is 1. The lowest BCUT2D eigenvalue weighted by atomic mass is 9.74. The molecule has 140 valence electrons. The number of carbonyl (C=O) groups excluding carboxylic acids is 1. The first-order valence-corrected chi connectivity index (χ1v) is 9.72. The second-order valence-corrected chi connectivity index (χ2v) is 8.47. The normalized spacial score (nSPS) is 25.9. The lowest BCUT2D eigenvalue weighted by Crippen LogP contribution is -2.51. The van der Waals surface area contributed by atoms with Gasteiger partial charge in [0.1, 0.15) is 0 Å². The van der Waals surface area contributed by atoms with E-state index in [0.29, 0.717) is 24.3 Å². The molecule has 9 heteroatoms. The van der Waals surface area contributed by atoms with Gasteiger partial charge in [-0.3, -0.25) is 9.10 Å². The number of benzene rings is 1. The molecule has 0 aromatic heterocycles. The van der Waals surface area contributed by atoms with Crippen LogP contribution in [0.2, 0.25) is 0 Å². The third kappa shape index (κ3) is 4.08. The molecule has 5 N–H and O–H groups in total. The first-order valence-electron chi connectivity index (χ1n) is 8.21. The SMILES string of the molecule is CC1(N)CCCCC1C(=O)Nc1ccc2c(c1)N(S(N)(=O)=O)CC2.Cl. The predicted molar refractivity (Wildman–Crippen MR) is 101 cm³/mol. The summed E-state index contributed by atoms with van der Waals surface area (Å²) in [5.74, 6) is -0.353. The Hall–Kier alpha value is -1.35. The largest absolute Gasteiger partial charge is 0.326 e. The second-order valence-electron chi connectivity index (χ2n) is 7.00. The Bertz CT molecular complexity index is 767. The average Bonchev–Trinajstić information content (AvgIpc) is 2.89. The molecule has 1 fully saturated rings. The van der Waals surface area contributed by atoms with Crippen molar-refractivity contribution in [3.8, 4) is 0 Å². The highest BCUT2D eigenvalue weighted by Gasteiger charge is 2.38. The molecule has 1 amide bonds. The fourth-order valence-electron chi connectivity index (χ4n) is 3.71. The van der Waals surface area contributed by atoms with E-state index in [1.165, 1.54) is 4.31 Å². The second kappa shape index (κ2) is 7.11. The molecule has 2 atom stereocenters. The Labute approximate surface area is 154 Å². The van der Waals surface area contributed by atoms with E-state index in [1.807, 2.05) is 13.0 Å². The average molecular weight is 389 g/mol. The molecule has 3 rings (SSSR count). The van der Waals surface area contributed by atoms with Crippen molar-refractivity contribution in [3.05, 3.63) is 23.8 Å². The highest BCUT2D eigenvalue weighted by molar-refractivity contribution is 7.90. The molecular weight excluding hydrogens is 364 g/mol. The number of carbonyl (C=O) groups is 1. The molecule has 0 radical (unpaired) electrons. The van der Waals surface area contributed by atoms with Crippen molar-refractivity contribution in [2.75, 3.05) is 16.2 Å². The minimum Gasteiger partial charge on any atom is -0.326 e. The standard InChI is InChI=1S/C16H24N4O3S.ClH/c1-16(17)8-3-2-4-13(16)15(21)19-12-6-5-11-7-9-20(14(11)10-12)24(18,22)23;/h5-6,10,13H,2-4,7-9,17H2,1H3,(H,19,21)(H2,18,22,23);1H. The van der Waals surface area contributed by atoms with Gasteiger partial charge in [0.2, 0.25) is 5.91 Å². The molecule has 0 spiro atoms. The third-order valence-corrected chi connectivity index (χ3v) is 6.08. The number of nitrogens with two attached hydrogens (primary N) is 2. The number of fused-ring (bicyclic) bond motifs is 1. The van der Waals surface area contributed by atoms with Crippen molar-refractivity contribution in [3.63, 3.8) is 0 Å². The van der Waals surface area contributed by atoms with Crippen LogP contribution in [-0.4, -0.2) is 26.4 Å². The van der Waals surface area contributed by atoms with Gasteiger partial charge in [-0.25, -0.2) is 5.14 Å². The minimum atomic E-state index is -3.80. The van der Waals surface area contributed by atoms with Crippen LogP contribution in [0.3, 0.4) is 0 Å². The molecule has 1 saturated carbocycles. The molecule has 7 nitrogen and oxygen atoms in total. The maximum Gasteiger partial charge on any atom is 0.299 e. The number of amides is 1. The van der Waals surface area contributed by atoms with Gasteiger partial charge in [-0.05, 0) is 43.9 Å². The number of hydrogen-bond acceptors (Lipinski definition) is 4. The van der Waals surface area contributed by atoms with Gasteiger partial charge in [0.15, 0.2) is 0 Å². The van der Waals surface area contributed by atoms with Crippen LogP contribution in [0.1, 0.15) is 38.2 Å². The molecular formula is C16H25ClN4O3S. The summed E-state index contributed by atoms with van der Waals surface area (Å²) in [4.78, 5) is 12.6. The lowest BCUT2D eigenvalue weighted by Gasteiger charge is -2.37. The van der Waals surface area contributed by atoms with E-state index in [4.69, 9.17) is 10.9 Å². The van der Waals surface area contributed by atoms with E-state index in [0.717, 1.165) is 31.2 Å². The van der Waals surface area contributed by atoms with E-state index in [1.54, 1.807) is 12.1 Å². The Kier molecular flexibility index (Phi) is 5.68. The topological polar surface area (TPSA) is 119 Å². The summed E-state index contributed by atoms with van der Waals surface area (Å²) < 4.78 is 24.5. The molecule has 0 saturated heterocycles. The van der Waals surface area contributed by atoms with Crippen LogP contribution in [0.15, 0.2) is 18.2 Å². The van der Waals surface area contributed by atoms with Crippen molar-refractivity contribution in [1.29, 1.82) is 0 Å². The molecule has 1 aromatic rings. The zero-order valence-corrected chi connectivity index (χ0v) is 15.8. The van der Waals surface area contributed by atoms with Crippen LogP contribution in [0, 0.1) is 5.92 Å². The molecule has 1 heterocycles. The molecule has 25 heavy (non-hydrogen) atoms. The maximum absolute atomic E-state index is 12.6. The maximum atomic E-state index is 12.6. The first-order chi connectivity index (χ1) is 11.2. The van der Waals surface area contributed by atoms with Gasteiger partial charge in [-0.15, -0.1) is 12.4 Å². The zero-order valence-electron chi connectivity index (χ0n) is 14.2. The predicted octanol–water partition coefficient (Wildman–Crippen LogP) is 1.52. The van der Waals surface area contributed by atoms with Crippen LogP contribution in [0.5, 0.6) is 0 Å². The number of hydrogen-bond donors (Lipinski definition) is 3. The van der Waals surface area contributed by atoms with Gasteiger partial charge in [0.05, 0.1) is 11.6 Å².